The average molecular weight is 496 g/mol. The fraction of sp³-hybridized carbons (Fsp3) is 0.353. The lowest BCUT2D eigenvalue weighted by Crippen LogP contribution is -2.00. The summed E-state index contributed by atoms with van der Waals surface area (Å²) in [5.41, 5.74) is 0. The second-order valence-electron chi connectivity index (χ2n) is 4.94. The molecule has 0 spiro atoms. The predicted octanol–water partition coefficient (Wildman–Crippen LogP) is 7.56. The zero-order valence-corrected chi connectivity index (χ0v) is 18.6. The van der Waals surface area contributed by atoms with Crippen molar-refractivity contribution in [2.75, 3.05) is 19.8 Å². The van der Waals surface area contributed by atoms with Crippen LogP contribution in [-0.2, 0) is 4.84 Å². The average Bonchev–Trinajstić information content (AvgIpc) is 2.58. The van der Waals surface area contributed by atoms with E-state index in [-0.39, 0.29) is 22.2 Å². The largest absolute Gasteiger partial charge is 0.490 e. The van der Waals surface area contributed by atoms with Gasteiger partial charge in [-0.2, -0.15) is 0 Å². The first kappa shape index (κ1) is 24.5. The molecule has 0 saturated carbocycles. The van der Waals surface area contributed by atoms with Crippen LogP contribution in [0.3, 0.4) is 0 Å². The van der Waals surface area contributed by atoms with Gasteiger partial charge in [0.05, 0.1) is 16.7 Å². The molecule has 0 radical (unpaired) electrons. The summed E-state index contributed by atoms with van der Waals surface area (Å²) in [6.07, 6.45) is 7.08. The maximum absolute atomic E-state index is 6.19. The van der Waals surface area contributed by atoms with E-state index in [0.29, 0.717) is 28.2 Å². The molecular weight excluding hydrogens is 479 g/mol. The summed E-state index contributed by atoms with van der Waals surface area (Å²) >= 11 is 34.3. The highest BCUT2D eigenvalue weighted by Crippen LogP contribution is 2.37. The van der Waals surface area contributed by atoms with Crippen LogP contribution in [0.4, 0.5) is 0 Å². The Morgan fingerprint density at radius 1 is 0.889 bits per heavy atom. The first-order chi connectivity index (χ1) is 12.9. The molecule has 1 aromatic rings. The van der Waals surface area contributed by atoms with Gasteiger partial charge in [-0.25, -0.2) is 0 Å². The Balaban J connectivity index is 2.31. The normalized spacial score (nSPS) is 10.6. The number of halogens is 6. The molecule has 0 N–H and O–H groups in total. The van der Waals surface area contributed by atoms with Crippen molar-refractivity contribution in [3.63, 3.8) is 0 Å². The molecule has 27 heavy (non-hydrogen) atoms. The molecule has 0 amide bonds. The SMILES string of the molecule is ClC(Cl)=CCON=CCCCCOc1c(Cl)cc(OCC=C(Cl)Cl)cc1Cl. The number of oxime groups is 1. The fourth-order valence-corrected chi connectivity index (χ4v) is 2.55. The Morgan fingerprint density at radius 2 is 1.52 bits per heavy atom. The minimum Gasteiger partial charge on any atom is -0.490 e. The van der Waals surface area contributed by atoms with Crippen molar-refractivity contribution >= 4 is 75.8 Å². The second-order valence-corrected chi connectivity index (χ2v) is 7.77. The summed E-state index contributed by atoms with van der Waals surface area (Å²) < 4.78 is 11.4. The maximum Gasteiger partial charge on any atom is 0.156 e. The molecule has 4 nitrogen and oxygen atoms in total. The van der Waals surface area contributed by atoms with Crippen molar-refractivity contribution in [3.8, 4) is 11.5 Å². The Morgan fingerprint density at radius 3 is 2.15 bits per heavy atom. The molecule has 10 heteroatoms. The van der Waals surface area contributed by atoms with Crippen molar-refractivity contribution in [3.05, 3.63) is 43.3 Å². The summed E-state index contributed by atoms with van der Waals surface area (Å²) in [5.74, 6) is 0.906. The van der Waals surface area contributed by atoms with Gasteiger partial charge >= 0.3 is 0 Å². The zero-order valence-electron chi connectivity index (χ0n) is 14.1. The lowest BCUT2D eigenvalue weighted by molar-refractivity contribution is 0.175. The third-order valence-corrected chi connectivity index (χ3v) is 4.07. The number of benzene rings is 1. The summed E-state index contributed by atoms with van der Waals surface area (Å²) in [6.45, 7) is 0.896. The van der Waals surface area contributed by atoms with Gasteiger partial charge in [-0.15, -0.1) is 0 Å². The first-order valence-corrected chi connectivity index (χ1v) is 10.1. The highest BCUT2D eigenvalue weighted by molar-refractivity contribution is 6.56. The van der Waals surface area contributed by atoms with Crippen LogP contribution in [0.1, 0.15) is 19.3 Å². The van der Waals surface area contributed by atoms with Gasteiger partial charge in [0, 0.05) is 18.3 Å². The van der Waals surface area contributed by atoms with Crippen LogP contribution in [-0.4, -0.2) is 26.0 Å². The van der Waals surface area contributed by atoms with E-state index in [2.05, 4.69) is 5.16 Å². The summed E-state index contributed by atoms with van der Waals surface area (Å²) in [6, 6.07) is 3.23. The third-order valence-electron chi connectivity index (χ3n) is 2.89. The highest BCUT2D eigenvalue weighted by Gasteiger charge is 2.10. The van der Waals surface area contributed by atoms with E-state index in [1.165, 1.54) is 12.2 Å². The molecule has 0 bridgehead atoms. The van der Waals surface area contributed by atoms with Gasteiger partial charge in [-0.1, -0.05) is 74.8 Å². The molecule has 150 valence electrons. The van der Waals surface area contributed by atoms with Gasteiger partial charge in [0.25, 0.3) is 0 Å². The lowest BCUT2D eigenvalue weighted by Gasteiger charge is -2.12. The van der Waals surface area contributed by atoms with E-state index in [1.807, 2.05) is 0 Å². The molecule has 0 aromatic heterocycles. The fourth-order valence-electron chi connectivity index (χ4n) is 1.72. The van der Waals surface area contributed by atoms with Crippen LogP contribution in [0.2, 0.25) is 10.0 Å². The molecule has 0 aliphatic rings. The van der Waals surface area contributed by atoms with Crippen molar-refractivity contribution in [1.29, 1.82) is 0 Å². The van der Waals surface area contributed by atoms with Gasteiger partial charge in [-0.05, 0) is 31.4 Å². The molecule has 1 aromatic carbocycles. The van der Waals surface area contributed by atoms with E-state index >= 15 is 0 Å². The number of rotatable bonds is 12. The summed E-state index contributed by atoms with van der Waals surface area (Å²) in [4.78, 5) is 4.93. The molecule has 0 heterocycles. The van der Waals surface area contributed by atoms with Gasteiger partial charge in [0.2, 0.25) is 0 Å². The van der Waals surface area contributed by atoms with Crippen molar-refractivity contribution in [1.82, 2.24) is 0 Å². The van der Waals surface area contributed by atoms with Gasteiger partial charge in [0.1, 0.15) is 27.9 Å². The molecule has 0 aliphatic carbocycles. The van der Waals surface area contributed by atoms with Crippen LogP contribution in [0.15, 0.2) is 38.4 Å². The quantitative estimate of drug-likeness (QED) is 0.170. The zero-order chi connectivity index (χ0) is 20.1. The molecule has 0 aliphatic heterocycles. The summed E-state index contributed by atoms with van der Waals surface area (Å²) in [5, 5.41) is 4.49. The smallest absolute Gasteiger partial charge is 0.156 e. The highest BCUT2D eigenvalue weighted by atomic mass is 35.5. The van der Waals surface area contributed by atoms with E-state index in [4.69, 9.17) is 83.9 Å². The number of unbranched alkanes of at least 4 members (excludes halogenated alkanes) is 2. The molecule has 0 fully saturated rings. The molecule has 0 saturated heterocycles. The Hall–Kier alpha value is -0.490. The lowest BCUT2D eigenvalue weighted by atomic mass is 10.2. The molecule has 0 atom stereocenters. The Bertz CT molecular complexity index is 648. The van der Waals surface area contributed by atoms with E-state index in [0.717, 1.165) is 19.3 Å². The minimum absolute atomic E-state index is 0.125. The van der Waals surface area contributed by atoms with Gasteiger partial charge in [-0.3, -0.25) is 0 Å². The van der Waals surface area contributed by atoms with E-state index in [1.54, 1.807) is 18.3 Å². The van der Waals surface area contributed by atoms with Crippen molar-refractivity contribution in [2.24, 2.45) is 5.16 Å². The second kappa shape index (κ2) is 14.5. The first-order valence-electron chi connectivity index (χ1n) is 7.81. The number of hydrogen-bond acceptors (Lipinski definition) is 4. The monoisotopic (exact) mass is 493 g/mol. The molecule has 1 rings (SSSR count). The number of nitrogens with zero attached hydrogens (tertiary/aromatic N) is 1. The maximum atomic E-state index is 6.19. The minimum atomic E-state index is 0.125. The van der Waals surface area contributed by atoms with Crippen molar-refractivity contribution < 1.29 is 14.3 Å². The third kappa shape index (κ3) is 11.8. The standard InChI is InChI=1S/C17H17Cl6NO3/c18-13-10-12(25-8-4-15(20)21)11-14(19)17(13)26-7-3-1-2-6-24-27-9-5-16(22)23/h4-6,10-11H,1-3,7-9H2. The Labute approximate surface area is 188 Å². The van der Waals surface area contributed by atoms with Crippen LogP contribution in [0.5, 0.6) is 11.5 Å². The Kier molecular flexibility index (Phi) is 13.2. The number of ether oxygens (including phenoxy) is 2. The van der Waals surface area contributed by atoms with Crippen LogP contribution >= 0.6 is 69.6 Å². The van der Waals surface area contributed by atoms with Crippen LogP contribution in [0.25, 0.3) is 0 Å². The van der Waals surface area contributed by atoms with Gasteiger partial charge in [0.15, 0.2) is 5.75 Å². The van der Waals surface area contributed by atoms with E-state index < -0.39 is 0 Å². The van der Waals surface area contributed by atoms with Crippen LogP contribution in [0, 0.1) is 0 Å². The van der Waals surface area contributed by atoms with Crippen molar-refractivity contribution in [2.45, 2.75) is 19.3 Å². The summed E-state index contributed by atoms with van der Waals surface area (Å²) in [7, 11) is 0. The number of hydrogen-bond donors (Lipinski definition) is 0. The predicted molar refractivity (Wildman–Crippen MR) is 115 cm³/mol. The van der Waals surface area contributed by atoms with Gasteiger partial charge < -0.3 is 14.3 Å². The van der Waals surface area contributed by atoms with Crippen LogP contribution < -0.4 is 9.47 Å². The molecular formula is C17H17Cl6NO3. The van der Waals surface area contributed by atoms with E-state index in [9.17, 15) is 0 Å². The molecule has 0 unspecified atom stereocenters. The topological polar surface area (TPSA) is 40.0 Å².